The van der Waals surface area contributed by atoms with Crippen LogP contribution in [0.1, 0.15) is 31.7 Å². The van der Waals surface area contributed by atoms with Crippen molar-refractivity contribution in [1.29, 1.82) is 0 Å². The molecule has 0 spiro atoms. The van der Waals surface area contributed by atoms with E-state index in [0.717, 1.165) is 23.3 Å². The highest BCUT2D eigenvalue weighted by molar-refractivity contribution is 6.09. The van der Waals surface area contributed by atoms with Crippen LogP contribution in [0.15, 0.2) is 30.3 Å². The van der Waals surface area contributed by atoms with E-state index in [2.05, 4.69) is 5.32 Å². The van der Waals surface area contributed by atoms with Crippen LogP contribution >= 0.6 is 0 Å². The fourth-order valence-electron chi connectivity index (χ4n) is 3.49. The molecule has 140 valence electrons. The SMILES string of the molecule is CCCCC1(c2ccccc2)NC(=O)N(CC(=O)N2CCOCC2)C1=O. The molecule has 1 N–H and O–H groups in total. The summed E-state index contributed by atoms with van der Waals surface area (Å²) in [7, 11) is 0. The molecule has 26 heavy (non-hydrogen) atoms. The summed E-state index contributed by atoms with van der Waals surface area (Å²) in [5, 5.41) is 2.87. The van der Waals surface area contributed by atoms with Crippen molar-refractivity contribution >= 4 is 17.8 Å². The van der Waals surface area contributed by atoms with Gasteiger partial charge in [0.15, 0.2) is 0 Å². The molecule has 0 saturated carbocycles. The van der Waals surface area contributed by atoms with Crippen LogP contribution in [0.3, 0.4) is 0 Å². The molecule has 7 nitrogen and oxygen atoms in total. The zero-order valence-electron chi connectivity index (χ0n) is 15.1. The minimum Gasteiger partial charge on any atom is -0.378 e. The van der Waals surface area contributed by atoms with E-state index in [1.165, 1.54) is 0 Å². The average Bonchev–Trinajstić information content (AvgIpc) is 2.93. The van der Waals surface area contributed by atoms with Crippen LogP contribution in [-0.2, 0) is 19.9 Å². The molecule has 1 unspecified atom stereocenters. The van der Waals surface area contributed by atoms with Gasteiger partial charge in [-0.15, -0.1) is 0 Å². The Morgan fingerprint density at radius 3 is 2.54 bits per heavy atom. The number of unbranched alkanes of at least 4 members (excludes halogenated alkanes) is 1. The van der Waals surface area contributed by atoms with Gasteiger partial charge in [-0.05, 0) is 12.0 Å². The molecule has 0 aliphatic carbocycles. The Hall–Kier alpha value is -2.41. The number of imide groups is 1. The summed E-state index contributed by atoms with van der Waals surface area (Å²) in [5.74, 6) is -0.570. The zero-order chi connectivity index (χ0) is 18.6. The fourth-order valence-corrected chi connectivity index (χ4v) is 3.49. The van der Waals surface area contributed by atoms with Gasteiger partial charge in [0, 0.05) is 13.1 Å². The molecule has 2 aliphatic rings. The van der Waals surface area contributed by atoms with Crippen LogP contribution in [0.4, 0.5) is 4.79 Å². The van der Waals surface area contributed by atoms with E-state index in [1.807, 2.05) is 37.3 Å². The van der Waals surface area contributed by atoms with Crippen LogP contribution in [0.25, 0.3) is 0 Å². The van der Waals surface area contributed by atoms with Crippen LogP contribution in [-0.4, -0.2) is 60.5 Å². The largest absolute Gasteiger partial charge is 0.378 e. The second-order valence-corrected chi connectivity index (χ2v) is 6.69. The quantitative estimate of drug-likeness (QED) is 0.781. The first-order chi connectivity index (χ1) is 12.6. The van der Waals surface area contributed by atoms with Gasteiger partial charge in [-0.25, -0.2) is 4.79 Å². The molecule has 7 heteroatoms. The van der Waals surface area contributed by atoms with Crippen molar-refractivity contribution in [3.8, 4) is 0 Å². The van der Waals surface area contributed by atoms with E-state index in [9.17, 15) is 14.4 Å². The Balaban J connectivity index is 1.81. The maximum Gasteiger partial charge on any atom is 0.325 e. The maximum atomic E-state index is 13.2. The van der Waals surface area contributed by atoms with Gasteiger partial charge in [0.1, 0.15) is 12.1 Å². The highest BCUT2D eigenvalue weighted by Gasteiger charge is 2.52. The number of morpholine rings is 1. The Morgan fingerprint density at radius 1 is 1.19 bits per heavy atom. The number of nitrogens with one attached hydrogen (secondary N) is 1. The van der Waals surface area contributed by atoms with E-state index in [1.54, 1.807) is 4.90 Å². The summed E-state index contributed by atoms with van der Waals surface area (Å²) >= 11 is 0. The van der Waals surface area contributed by atoms with Crippen molar-refractivity contribution in [3.05, 3.63) is 35.9 Å². The van der Waals surface area contributed by atoms with Crippen molar-refractivity contribution < 1.29 is 19.1 Å². The number of carbonyl (C=O) groups excluding carboxylic acids is 3. The van der Waals surface area contributed by atoms with Gasteiger partial charge in [0.05, 0.1) is 13.2 Å². The number of rotatable bonds is 6. The number of hydrogen-bond acceptors (Lipinski definition) is 4. The van der Waals surface area contributed by atoms with Crippen LogP contribution in [0.5, 0.6) is 0 Å². The molecule has 2 fully saturated rings. The third-order valence-electron chi connectivity index (χ3n) is 5.00. The van der Waals surface area contributed by atoms with Gasteiger partial charge in [0.25, 0.3) is 5.91 Å². The Morgan fingerprint density at radius 2 is 1.88 bits per heavy atom. The van der Waals surface area contributed by atoms with Crippen LogP contribution < -0.4 is 5.32 Å². The van der Waals surface area contributed by atoms with Crippen molar-refractivity contribution in [2.75, 3.05) is 32.8 Å². The lowest BCUT2D eigenvalue weighted by Crippen LogP contribution is -2.48. The summed E-state index contributed by atoms with van der Waals surface area (Å²) < 4.78 is 5.24. The molecule has 0 radical (unpaired) electrons. The molecular weight excluding hydrogens is 334 g/mol. The molecule has 4 amide bonds. The summed E-state index contributed by atoms with van der Waals surface area (Å²) in [6.45, 7) is 3.75. The molecule has 1 aromatic carbocycles. The number of urea groups is 1. The molecule has 2 saturated heterocycles. The summed E-state index contributed by atoms with van der Waals surface area (Å²) in [6, 6.07) is 8.77. The topological polar surface area (TPSA) is 79.0 Å². The third kappa shape index (κ3) is 3.44. The lowest BCUT2D eigenvalue weighted by atomic mass is 9.85. The van der Waals surface area contributed by atoms with E-state index in [-0.39, 0.29) is 18.4 Å². The van der Waals surface area contributed by atoms with Gasteiger partial charge in [-0.3, -0.25) is 14.5 Å². The molecule has 1 atom stereocenters. The summed E-state index contributed by atoms with van der Waals surface area (Å²) in [4.78, 5) is 41.0. The monoisotopic (exact) mass is 359 g/mol. The first-order valence-corrected chi connectivity index (χ1v) is 9.13. The number of amides is 4. The molecule has 2 heterocycles. The normalized spacial score (nSPS) is 23.3. The van der Waals surface area contributed by atoms with Gasteiger partial charge >= 0.3 is 6.03 Å². The van der Waals surface area contributed by atoms with Crippen molar-refractivity contribution in [2.24, 2.45) is 0 Å². The van der Waals surface area contributed by atoms with E-state index < -0.39 is 11.6 Å². The predicted octanol–water partition coefficient (Wildman–Crippen LogP) is 1.48. The van der Waals surface area contributed by atoms with Crippen LogP contribution in [0.2, 0.25) is 0 Å². The molecule has 3 rings (SSSR count). The standard InChI is InChI=1S/C19H25N3O4/c1-2-3-9-19(15-7-5-4-6-8-15)17(24)22(18(25)20-19)14-16(23)21-10-12-26-13-11-21/h4-8H,2-3,9-14H2,1H3,(H,20,25). The average molecular weight is 359 g/mol. The second kappa shape index (κ2) is 7.86. The molecule has 0 bridgehead atoms. The lowest BCUT2D eigenvalue weighted by molar-refractivity contribution is -0.141. The summed E-state index contributed by atoms with van der Waals surface area (Å²) in [5.41, 5.74) is -0.326. The van der Waals surface area contributed by atoms with E-state index >= 15 is 0 Å². The van der Waals surface area contributed by atoms with Crippen molar-refractivity contribution in [3.63, 3.8) is 0 Å². The maximum absolute atomic E-state index is 13.2. The first kappa shape index (κ1) is 18.4. The smallest absolute Gasteiger partial charge is 0.325 e. The minimum absolute atomic E-state index is 0.226. The highest BCUT2D eigenvalue weighted by Crippen LogP contribution is 2.34. The van der Waals surface area contributed by atoms with Crippen molar-refractivity contribution in [2.45, 2.75) is 31.7 Å². The van der Waals surface area contributed by atoms with Gasteiger partial charge in [-0.2, -0.15) is 0 Å². The van der Waals surface area contributed by atoms with E-state index in [4.69, 9.17) is 4.74 Å². The number of benzene rings is 1. The second-order valence-electron chi connectivity index (χ2n) is 6.69. The van der Waals surface area contributed by atoms with Crippen molar-refractivity contribution in [1.82, 2.24) is 15.1 Å². The van der Waals surface area contributed by atoms with Crippen LogP contribution in [0, 0.1) is 0 Å². The Bertz CT molecular complexity index is 673. The minimum atomic E-state index is -1.08. The lowest BCUT2D eigenvalue weighted by Gasteiger charge is -2.29. The number of ether oxygens (including phenoxy) is 1. The Labute approximate surface area is 153 Å². The number of hydrogen-bond donors (Lipinski definition) is 1. The van der Waals surface area contributed by atoms with E-state index in [0.29, 0.717) is 32.7 Å². The Kier molecular flexibility index (Phi) is 5.56. The van der Waals surface area contributed by atoms with Gasteiger partial charge in [0.2, 0.25) is 5.91 Å². The highest BCUT2D eigenvalue weighted by atomic mass is 16.5. The third-order valence-corrected chi connectivity index (χ3v) is 5.00. The predicted molar refractivity (Wildman–Crippen MR) is 95.3 cm³/mol. The molecule has 0 aromatic heterocycles. The molecule has 2 aliphatic heterocycles. The molecule has 1 aromatic rings. The number of nitrogens with zero attached hydrogens (tertiary/aromatic N) is 2. The van der Waals surface area contributed by atoms with Gasteiger partial charge in [-0.1, -0.05) is 50.1 Å². The molecular formula is C19H25N3O4. The summed E-state index contributed by atoms with van der Waals surface area (Å²) in [6.07, 6.45) is 2.22. The number of carbonyl (C=O) groups is 3. The first-order valence-electron chi connectivity index (χ1n) is 9.13. The zero-order valence-corrected chi connectivity index (χ0v) is 15.1. The fraction of sp³-hybridized carbons (Fsp3) is 0.526. The van der Waals surface area contributed by atoms with Gasteiger partial charge < -0.3 is 15.0 Å².